The van der Waals surface area contributed by atoms with Gasteiger partial charge in [-0.3, -0.25) is 9.78 Å². The number of carbonyl (C=O) groups excluding carboxylic acids is 1. The van der Waals surface area contributed by atoms with Gasteiger partial charge in [-0.25, -0.2) is 0 Å². The van der Waals surface area contributed by atoms with Crippen LogP contribution in [0.1, 0.15) is 45.6 Å². The fraction of sp³-hybridized carbons (Fsp3) is 0.647. The zero-order chi connectivity index (χ0) is 14.4. The van der Waals surface area contributed by atoms with Gasteiger partial charge in [-0.15, -0.1) is 0 Å². The summed E-state index contributed by atoms with van der Waals surface area (Å²) in [4.78, 5) is 16.2. The highest BCUT2D eigenvalue weighted by Gasteiger charge is 2.62. The predicted octanol–water partition coefficient (Wildman–Crippen LogP) is 3.38. The lowest BCUT2D eigenvalue weighted by molar-refractivity contribution is -0.156. The molecular formula is C17H23NO2. The van der Waals surface area contributed by atoms with Gasteiger partial charge >= 0.3 is 5.97 Å². The van der Waals surface area contributed by atoms with Crippen molar-refractivity contribution in [3.8, 4) is 0 Å². The first-order valence-electron chi connectivity index (χ1n) is 7.52. The van der Waals surface area contributed by atoms with Crippen LogP contribution in [-0.2, 0) is 16.0 Å². The summed E-state index contributed by atoms with van der Waals surface area (Å²) in [6.07, 6.45) is 7.34. The van der Waals surface area contributed by atoms with E-state index < -0.39 is 0 Å². The van der Waals surface area contributed by atoms with E-state index in [0.717, 1.165) is 12.0 Å². The Kier molecular flexibility index (Phi) is 3.11. The fourth-order valence-electron chi connectivity index (χ4n) is 4.18. The smallest absolute Gasteiger partial charge is 0.310 e. The van der Waals surface area contributed by atoms with Crippen LogP contribution >= 0.6 is 0 Å². The van der Waals surface area contributed by atoms with E-state index in [0.29, 0.717) is 12.3 Å². The van der Waals surface area contributed by atoms with Crippen molar-refractivity contribution in [2.45, 2.75) is 52.6 Å². The number of pyridine rings is 1. The van der Waals surface area contributed by atoms with E-state index >= 15 is 0 Å². The number of esters is 1. The number of carbonyl (C=O) groups is 1. The van der Waals surface area contributed by atoms with Crippen LogP contribution in [0.2, 0.25) is 0 Å². The molecule has 2 bridgehead atoms. The zero-order valence-corrected chi connectivity index (χ0v) is 12.6. The second-order valence-corrected chi connectivity index (χ2v) is 7.13. The molecule has 0 saturated heterocycles. The van der Waals surface area contributed by atoms with E-state index in [1.807, 2.05) is 12.1 Å². The molecule has 2 fully saturated rings. The minimum atomic E-state index is -0.118. The molecule has 3 heteroatoms. The summed E-state index contributed by atoms with van der Waals surface area (Å²) in [5, 5.41) is 0. The molecule has 20 heavy (non-hydrogen) atoms. The number of hydrogen-bond acceptors (Lipinski definition) is 3. The number of ether oxygens (including phenoxy) is 1. The van der Waals surface area contributed by atoms with Crippen molar-refractivity contribution in [3.63, 3.8) is 0 Å². The van der Waals surface area contributed by atoms with Crippen LogP contribution < -0.4 is 0 Å². The van der Waals surface area contributed by atoms with Crippen molar-refractivity contribution in [3.05, 3.63) is 30.1 Å². The second-order valence-electron chi connectivity index (χ2n) is 7.13. The summed E-state index contributed by atoms with van der Waals surface area (Å²) >= 11 is 0. The maximum absolute atomic E-state index is 12.1. The average molecular weight is 273 g/mol. The van der Waals surface area contributed by atoms with E-state index in [-0.39, 0.29) is 22.9 Å². The Bertz CT molecular complexity index is 511. The number of aromatic nitrogens is 1. The molecule has 3 rings (SSSR count). The molecular weight excluding hydrogens is 250 g/mol. The molecule has 1 aromatic rings. The fourth-order valence-corrected chi connectivity index (χ4v) is 4.18. The SMILES string of the molecule is CC1(C)C2CCC1(C)C(OC(=O)Cc1cccnc1)C2. The Balaban J connectivity index is 1.66. The Morgan fingerprint density at radius 2 is 2.25 bits per heavy atom. The second kappa shape index (κ2) is 4.57. The normalized spacial score (nSPS) is 34.1. The van der Waals surface area contributed by atoms with Crippen LogP contribution in [0.5, 0.6) is 0 Å². The number of nitrogens with zero attached hydrogens (tertiary/aromatic N) is 1. The quantitative estimate of drug-likeness (QED) is 0.792. The first-order chi connectivity index (χ1) is 9.43. The molecule has 0 aliphatic heterocycles. The Morgan fingerprint density at radius 1 is 1.45 bits per heavy atom. The summed E-state index contributed by atoms with van der Waals surface area (Å²) in [7, 11) is 0. The molecule has 2 saturated carbocycles. The monoisotopic (exact) mass is 273 g/mol. The third-order valence-corrected chi connectivity index (χ3v) is 6.06. The minimum absolute atomic E-state index is 0.0837. The molecule has 3 nitrogen and oxygen atoms in total. The van der Waals surface area contributed by atoms with Crippen LogP contribution in [0.4, 0.5) is 0 Å². The average Bonchev–Trinajstić information content (AvgIpc) is 2.73. The van der Waals surface area contributed by atoms with Crippen molar-refractivity contribution in [1.29, 1.82) is 0 Å². The first-order valence-corrected chi connectivity index (χ1v) is 7.52. The highest BCUT2D eigenvalue weighted by molar-refractivity contribution is 5.72. The highest BCUT2D eigenvalue weighted by Crippen LogP contribution is 2.66. The van der Waals surface area contributed by atoms with Gasteiger partial charge in [-0.1, -0.05) is 26.8 Å². The van der Waals surface area contributed by atoms with E-state index in [4.69, 9.17) is 4.74 Å². The molecule has 0 amide bonds. The Morgan fingerprint density at radius 3 is 2.80 bits per heavy atom. The van der Waals surface area contributed by atoms with Gasteiger partial charge in [0.05, 0.1) is 6.42 Å². The van der Waals surface area contributed by atoms with Crippen molar-refractivity contribution in [2.75, 3.05) is 0 Å². The molecule has 2 aliphatic rings. The molecule has 3 unspecified atom stereocenters. The Labute approximate surface area is 120 Å². The van der Waals surface area contributed by atoms with Crippen LogP contribution in [0, 0.1) is 16.7 Å². The molecule has 0 aromatic carbocycles. The van der Waals surface area contributed by atoms with E-state index in [1.165, 1.54) is 12.8 Å². The first kappa shape index (κ1) is 13.6. The maximum atomic E-state index is 12.1. The number of hydrogen-bond donors (Lipinski definition) is 0. The van der Waals surface area contributed by atoms with Crippen LogP contribution in [0.25, 0.3) is 0 Å². The molecule has 0 N–H and O–H groups in total. The summed E-state index contributed by atoms with van der Waals surface area (Å²) in [6, 6.07) is 3.77. The zero-order valence-electron chi connectivity index (χ0n) is 12.6. The van der Waals surface area contributed by atoms with Crippen LogP contribution in [0.3, 0.4) is 0 Å². The van der Waals surface area contributed by atoms with Gasteiger partial charge in [0.2, 0.25) is 0 Å². The topological polar surface area (TPSA) is 39.2 Å². The third-order valence-electron chi connectivity index (χ3n) is 6.06. The van der Waals surface area contributed by atoms with E-state index in [9.17, 15) is 4.79 Å². The van der Waals surface area contributed by atoms with Crippen molar-refractivity contribution >= 4 is 5.97 Å². The largest absolute Gasteiger partial charge is 0.462 e. The van der Waals surface area contributed by atoms with Crippen molar-refractivity contribution in [1.82, 2.24) is 4.98 Å². The minimum Gasteiger partial charge on any atom is -0.462 e. The van der Waals surface area contributed by atoms with E-state index in [2.05, 4.69) is 25.8 Å². The lowest BCUT2D eigenvalue weighted by Gasteiger charge is -2.38. The van der Waals surface area contributed by atoms with Crippen molar-refractivity contribution < 1.29 is 9.53 Å². The van der Waals surface area contributed by atoms with Gasteiger partial charge in [0, 0.05) is 17.8 Å². The summed E-state index contributed by atoms with van der Waals surface area (Å²) in [5.74, 6) is 0.580. The third kappa shape index (κ3) is 1.95. The number of rotatable bonds is 3. The van der Waals surface area contributed by atoms with Gasteiger partial charge in [-0.05, 0) is 42.2 Å². The van der Waals surface area contributed by atoms with Crippen LogP contribution in [0.15, 0.2) is 24.5 Å². The predicted molar refractivity (Wildman–Crippen MR) is 77.1 cm³/mol. The standard InChI is InChI=1S/C17H23NO2/c1-16(2)13-6-7-17(16,3)14(10-13)20-15(19)9-12-5-4-8-18-11-12/h4-5,8,11,13-14H,6-7,9-10H2,1-3H3. The molecule has 0 radical (unpaired) electrons. The molecule has 2 aliphatic carbocycles. The van der Waals surface area contributed by atoms with Gasteiger partial charge in [-0.2, -0.15) is 0 Å². The number of fused-ring (bicyclic) bond motifs is 2. The van der Waals surface area contributed by atoms with Gasteiger partial charge < -0.3 is 4.74 Å². The molecule has 0 spiro atoms. The lowest BCUT2D eigenvalue weighted by atomic mass is 9.70. The van der Waals surface area contributed by atoms with Gasteiger partial charge in [0.1, 0.15) is 6.10 Å². The molecule has 108 valence electrons. The molecule has 1 aromatic heterocycles. The highest BCUT2D eigenvalue weighted by atomic mass is 16.5. The van der Waals surface area contributed by atoms with Crippen LogP contribution in [-0.4, -0.2) is 17.1 Å². The molecule has 1 heterocycles. The summed E-state index contributed by atoms with van der Waals surface area (Å²) < 4.78 is 5.82. The summed E-state index contributed by atoms with van der Waals surface area (Å²) in [5.41, 5.74) is 1.35. The van der Waals surface area contributed by atoms with E-state index in [1.54, 1.807) is 12.4 Å². The maximum Gasteiger partial charge on any atom is 0.310 e. The van der Waals surface area contributed by atoms with Crippen molar-refractivity contribution in [2.24, 2.45) is 16.7 Å². The molecule has 3 atom stereocenters. The summed E-state index contributed by atoms with van der Waals surface area (Å²) in [6.45, 7) is 6.96. The lowest BCUT2D eigenvalue weighted by Crippen LogP contribution is -2.38. The van der Waals surface area contributed by atoms with Gasteiger partial charge in [0.25, 0.3) is 0 Å². The van der Waals surface area contributed by atoms with Gasteiger partial charge in [0.15, 0.2) is 0 Å². The Hall–Kier alpha value is -1.38.